The number of aryl methyl sites for hydroxylation is 1. The average Bonchev–Trinajstić information content (AvgIpc) is 2.64. The third-order valence-electron chi connectivity index (χ3n) is 4.92. The normalized spacial score (nSPS) is 14.9. The third-order valence-corrected chi connectivity index (χ3v) is 4.92. The number of Topliss-reactive ketones (excluding diaryl/α,β-unsaturated/α-hetero) is 1. The second-order valence-electron chi connectivity index (χ2n) is 6.67. The molecule has 0 atom stereocenters. The van der Waals surface area contributed by atoms with Gasteiger partial charge in [-0.2, -0.15) is 0 Å². The fourth-order valence-corrected chi connectivity index (χ4v) is 3.18. The minimum atomic E-state index is 0. The lowest BCUT2D eigenvalue weighted by molar-refractivity contribution is -0.132. The van der Waals surface area contributed by atoms with Gasteiger partial charge in [-0.3, -0.25) is 9.59 Å². The number of carbonyl (C=O) groups is 2. The number of nitrogens with zero attached hydrogens (tertiary/aromatic N) is 1. The Balaban J connectivity index is 0.00000312. The first kappa shape index (κ1) is 21.7. The molecule has 0 aromatic heterocycles. The molecule has 0 aliphatic carbocycles. The summed E-state index contributed by atoms with van der Waals surface area (Å²) in [6.07, 6.45) is 6.02. The predicted molar refractivity (Wildman–Crippen MR) is 105 cm³/mol. The van der Waals surface area contributed by atoms with Gasteiger partial charge >= 0.3 is 0 Å². The van der Waals surface area contributed by atoms with Crippen molar-refractivity contribution in [3.8, 4) is 0 Å². The van der Waals surface area contributed by atoms with E-state index in [4.69, 9.17) is 0 Å². The number of likely N-dealkylation sites (tertiary alicyclic amines) is 1. The fourth-order valence-electron chi connectivity index (χ4n) is 3.18. The first-order valence-corrected chi connectivity index (χ1v) is 9.21. The monoisotopic (exact) mass is 366 g/mol. The summed E-state index contributed by atoms with van der Waals surface area (Å²) in [5.74, 6) is 0.174. The van der Waals surface area contributed by atoms with Gasteiger partial charge in [-0.15, -0.1) is 12.4 Å². The first-order chi connectivity index (χ1) is 11.6. The van der Waals surface area contributed by atoms with E-state index in [1.54, 1.807) is 0 Å². The molecule has 1 aromatic rings. The van der Waals surface area contributed by atoms with Crippen LogP contribution in [0.1, 0.15) is 61.4 Å². The fraction of sp³-hybridized carbons (Fsp3) is 0.600. The van der Waals surface area contributed by atoms with Gasteiger partial charge in [0.25, 0.3) is 0 Å². The van der Waals surface area contributed by atoms with Gasteiger partial charge in [0.15, 0.2) is 5.78 Å². The SMILES string of the molecule is CCCCc1ccc(C(=O)CCC(=O)N2CCC(NC)CC2)cc1.Cl. The Morgan fingerprint density at radius 2 is 1.76 bits per heavy atom. The zero-order valence-corrected chi connectivity index (χ0v) is 16.2. The second-order valence-corrected chi connectivity index (χ2v) is 6.67. The topological polar surface area (TPSA) is 49.4 Å². The molecule has 1 aliphatic rings. The summed E-state index contributed by atoms with van der Waals surface area (Å²) in [6.45, 7) is 3.77. The molecule has 1 saturated heterocycles. The molecule has 140 valence electrons. The molecule has 0 spiro atoms. The van der Waals surface area contributed by atoms with Crippen LogP contribution in [-0.4, -0.2) is 42.8 Å². The highest BCUT2D eigenvalue weighted by Crippen LogP contribution is 2.14. The number of unbranched alkanes of at least 4 members (excludes halogenated alkanes) is 1. The summed E-state index contributed by atoms with van der Waals surface area (Å²) in [4.78, 5) is 26.4. The summed E-state index contributed by atoms with van der Waals surface area (Å²) >= 11 is 0. The summed E-state index contributed by atoms with van der Waals surface area (Å²) in [6, 6.07) is 8.38. The van der Waals surface area contributed by atoms with Crippen LogP contribution in [0, 0.1) is 0 Å². The van der Waals surface area contributed by atoms with Crippen molar-refractivity contribution in [1.29, 1.82) is 0 Å². The van der Waals surface area contributed by atoms with Crippen LogP contribution >= 0.6 is 12.4 Å². The molecule has 4 nitrogen and oxygen atoms in total. The number of carbonyl (C=O) groups excluding carboxylic acids is 2. The number of rotatable bonds is 8. The number of amides is 1. The van der Waals surface area contributed by atoms with Gasteiger partial charge in [0.05, 0.1) is 0 Å². The Hall–Kier alpha value is -1.39. The van der Waals surface area contributed by atoms with Gasteiger partial charge in [0, 0.05) is 37.5 Å². The van der Waals surface area contributed by atoms with Crippen LogP contribution < -0.4 is 5.32 Å². The molecular formula is C20H31ClN2O2. The molecule has 1 amide bonds. The van der Waals surface area contributed by atoms with E-state index >= 15 is 0 Å². The number of piperidine rings is 1. The van der Waals surface area contributed by atoms with Crippen molar-refractivity contribution in [3.05, 3.63) is 35.4 Å². The quantitative estimate of drug-likeness (QED) is 0.715. The van der Waals surface area contributed by atoms with Gasteiger partial charge in [0.1, 0.15) is 0 Å². The van der Waals surface area contributed by atoms with E-state index in [-0.39, 0.29) is 24.1 Å². The molecule has 0 saturated carbocycles. The third kappa shape index (κ3) is 6.79. The van der Waals surface area contributed by atoms with Crippen molar-refractivity contribution < 1.29 is 9.59 Å². The van der Waals surface area contributed by atoms with Crippen LogP contribution in [-0.2, 0) is 11.2 Å². The Bertz CT molecular complexity index is 537. The molecule has 2 rings (SSSR count). The van der Waals surface area contributed by atoms with Crippen LogP contribution in [0.3, 0.4) is 0 Å². The van der Waals surface area contributed by atoms with Crippen molar-refractivity contribution in [1.82, 2.24) is 10.2 Å². The zero-order chi connectivity index (χ0) is 17.4. The molecule has 1 N–H and O–H groups in total. The van der Waals surface area contributed by atoms with Gasteiger partial charge in [-0.05, 0) is 38.3 Å². The number of benzene rings is 1. The molecule has 0 unspecified atom stereocenters. The predicted octanol–water partition coefficient (Wildman–Crippen LogP) is 3.62. The second kappa shape index (κ2) is 11.3. The summed E-state index contributed by atoms with van der Waals surface area (Å²) in [7, 11) is 1.97. The molecule has 1 fully saturated rings. The Kier molecular flexibility index (Phi) is 9.76. The highest BCUT2D eigenvalue weighted by atomic mass is 35.5. The summed E-state index contributed by atoms with van der Waals surface area (Å²) < 4.78 is 0. The lowest BCUT2D eigenvalue weighted by Crippen LogP contribution is -2.44. The number of nitrogens with one attached hydrogen (secondary N) is 1. The van der Waals surface area contributed by atoms with Crippen LogP contribution in [0.5, 0.6) is 0 Å². The van der Waals surface area contributed by atoms with Crippen LogP contribution in [0.15, 0.2) is 24.3 Å². The van der Waals surface area contributed by atoms with E-state index in [9.17, 15) is 9.59 Å². The molecule has 0 radical (unpaired) electrons. The van der Waals surface area contributed by atoms with Crippen LogP contribution in [0.25, 0.3) is 0 Å². The Morgan fingerprint density at radius 3 is 2.32 bits per heavy atom. The van der Waals surface area contributed by atoms with E-state index in [1.165, 1.54) is 18.4 Å². The number of hydrogen-bond donors (Lipinski definition) is 1. The van der Waals surface area contributed by atoms with Gasteiger partial charge in [0.2, 0.25) is 5.91 Å². The van der Waals surface area contributed by atoms with Crippen molar-refractivity contribution in [2.45, 2.75) is 57.9 Å². The van der Waals surface area contributed by atoms with Crippen molar-refractivity contribution in [2.24, 2.45) is 0 Å². The van der Waals surface area contributed by atoms with E-state index in [1.807, 2.05) is 36.2 Å². The molecule has 1 heterocycles. The summed E-state index contributed by atoms with van der Waals surface area (Å²) in [5, 5.41) is 3.26. The van der Waals surface area contributed by atoms with Gasteiger partial charge < -0.3 is 10.2 Å². The molecule has 1 aliphatic heterocycles. The number of hydrogen-bond acceptors (Lipinski definition) is 3. The van der Waals surface area contributed by atoms with E-state index in [0.717, 1.165) is 37.9 Å². The van der Waals surface area contributed by atoms with Crippen LogP contribution in [0.2, 0.25) is 0 Å². The van der Waals surface area contributed by atoms with Crippen molar-refractivity contribution >= 4 is 24.1 Å². The average molecular weight is 367 g/mol. The zero-order valence-electron chi connectivity index (χ0n) is 15.4. The summed E-state index contributed by atoms with van der Waals surface area (Å²) in [5.41, 5.74) is 1.99. The van der Waals surface area contributed by atoms with Gasteiger partial charge in [-0.25, -0.2) is 0 Å². The highest BCUT2D eigenvalue weighted by molar-refractivity contribution is 5.98. The van der Waals surface area contributed by atoms with Crippen molar-refractivity contribution in [2.75, 3.05) is 20.1 Å². The Labute approximate surface area is 157 Å². The van der Waals surface area contributed by atoms with E-state index in [0.29, 0.717) is 18.9 Å². The first-order valence-electron chi connectivity index (χ1n) is 9.21. The number of ketones is 1. The lowest BCUT2D eigenvalue weighted by Gasteiger charge is -2.31. The smallest absolute Gasteiger partial charge is 0.223 e. The standard InChI is InChI=1S/C20H30N2O2.ClH/c1-3-4-5-16-6-8-17(9-7-16)19(23)10-11-20(24)22-14-12-18(21-2)13-15-22;/h6-9,18,21H,3-5,10-15H2,1-2H3;1H. The molecule has 1 aromatic carbocycles. The Morgan fingerprint density at radius 1 is 1.12 bits per heavy atom. The largest absolute Gasteiger partial charge is 0.343 e. The molecule has 0 bridgehead atoms. The maximum atomic E-state index is 12.3. The lowest BCUT2D eigenvalue weighted by atomic mass is 10.0. The minimum Gasteiger partial charge on any atom is -0.343 e. The highest BCUT2D eigenvalue weighted by Gasteiger charge is 2.22. The number of halogens is 1. The van der Waals surface area contributed by atoms with Gasteiger partial charge in [-0.1, -0.05) is 37.6 Å². The van der Waals surface area contributed by atoms with E-state index in [2.05, 4.69) is 12.2 Å². The molecule has 5 heteroatoms. The molecular weight excluding hydrogens is 336 g/mol. The van der Waals surface area contributed by atoms with E-state index < -0.39 is 0 Å². The van der Waals surface area contributed by atoms with Crippen LogP contribution in [0.4, 0.5) is 0 Å². The molecule has 25 heavy (non-hydrogen) atoms. The van der Waals surface area contributed by atoms with Crippen molar-refractivity contribution in [3.63, 3.8) is 0 Å². The minimum absolute atomic E-state index is 0. The maximum Gasteiger partial charge on any atom is 0.223 e. The maximum absolute atomic E-state index is 12.3.